The number of halogens is 3. The molecule has 8 heteroatoms. The summed E-state index contributed by atoms with van der Waals surface area (Å²) in [5.41, 5.74) is -0.330. The van der Waals surface area contributed by atoms with Crippen molar-refractivity contribution in [3.8, 4) is 11.3 Å². The number of carboxylic acid groups (broad SMARTS) is 1. The van der Waals surface area contributed by atoms with Gasteiger partial charge in [0.2, 0.25) is 0 Å². The maximum absolute atomic E-state index is 12.4. The van der Waals surface area contributed by atoms with E-state index in [1.807, 2.05) is 0 Å². The molecular formula is C11H6F3N3O2. The minimum absolute atomic E-state index is 0.140. The molecule has 0 unspecified atom stereocenters. The predicted octanol–water partition coefficient (Wildman–Crippen LogP) is 2.26. The van der Waals surface area contributed by atoms with E-state index in [2.05, 4.69) is 15.2 Å². The summed E-state index contributed by atoms with van der Waals surface area (Å²) in [6.07, 6.45) is -3.25. The van der Waals surface area contributed by atoms with Gasteiger partial charge in [0.15, 0.2) is 0 Å². The van der Waals surface area contributed by atoms with Gasteiger partial charge in [0.1, 0.15) is 0 Å². The van der Waals surface area contributed by atoms with E-state index in [1.54, 1.807) is 0 Å². The number of aromatic carboxylic acids is 1. The van der Waals surface area contributed by atoms with Crippen LogP contribution in [-0.4, -0.2) is 26.3 Å². The van der Waals surface area contributed by atoms with Crippen LogP contribution in [0.5, 0.6) is 0 Å². The molecular weight excluding hydrogens is 263 g/mol. The van der Waals surface area contributed by atoms with E-state index >= 15 is 0 Å². The molecule has 98 valence electrons. The summed E-state index contributed by atoms with van der Waals surface area (Å²) in [5, 5.41) is 15.4. The van der Waals surface area contributed by atoms with Crippen molar-refractivity contribution >= 4 is 5.97 Å². The third kappa shape index (κ3) is 2.84. The monoisotopic (exact) mass is 269 g/mol. The van der Waals surface area contributed by atoms with Gasteiger partial charge in [-0.3, -0.25) is 0 Å². The minimum Gasteiger partial charge on any atom is -0.475 e. The van der Waals surface area contributed by atoms with E-state index in [-0.39, 0.29) is 5.69 Å². The van der Waals surface area contributed by atoms with Crippen molar-refractivity contribution in [1.82, 2.24) is 15.2 Å². The second-order valence-corrected chi connectivity index (χ2v) is 3.55. The van der Waals surface area contributed by atoms with Crippen LogP contribution in [0.4, 0.5) is 13.2 Å². The summed E-state index contributed by atoms with van der Waals surface area (Å²) in [4.78, 5) is 14.3. The van der Waals surface area contributed by atoms with Gasteiger partial charge in [-0.15, -0.1) is 5.10 Å². The van der Waals surface area contributed by atoms with Crippen molar-refractivity contribution < 1.29 is 23.1 Å². The van der Waals surface area contributed by atoms with Crippen molar-refractivity contribution in [2.45, 2.75) is 6.18 Å². The van der Waals surface area contributed by atoms with E-state index in [0.717, 1.165) is 12.1 Å². The van der Waals surface area contributed by atoms with Gasteiger partial charge >= 0.3 is 12.1 Å². The Morgan fingerprint density at radius 2 is 1.79 bits per heavy atom. The van der Waals surface area contributed by atoms with Crippen LogP contribution in [0.15, 0.2) is 30.5 Å². The molecule has 0 aliphatic heterocycles. The molecule has 0 radical (unpaired) electrons. The second kappa shape index (κ2) is 4.63. The van der Waals surface area contributed by atoms with E-state index < -0.39 is 23.5 Å². The number of benzene rings is 1. The summed E-state index contributed by atoms with van der Waals surface area (Å²) < 4.78 is 37.1. The van der Waals surface area contributed by atoms with Crippen LogP contribution < -0.4 is 0 Å². The fourth-order valence-corrected chi connectivity index (χ4v) is 1.36. The number of hydrogen-bond donors (Lipinski definition) is 1. The van der Waals surface area contributed by atoms with Crippen LogP contribution in [0.1, 0.15) is 16.2 Å². The van der Waals surface area contributed by atoms with E-state index in [9.17, 15) is 18.0 Å². The maximum atomic E-state index is 12.4. The molecule has 2 rings (SSSR count). The molecule has 1 N–H and O–H groups in total. The lowest BCUT2D eigenvalue weighted by Crippen LogP contribution is -2.07. The average Bonchev–Trinajstić information content (AvgIpc) is 2.38. The molecule has 0 saturated heterocycles. The molecule has 19 heavy (non-hydrogen) atoms. The first kappa shape index (κ1) is 12.9. The quantitative estimate of drug-likeness (QED) is 0.904. The molecule has 2 aromatic rings. The third-order valence-electron chi connectivity index (χ3n) is 2.26. The first-order valence-corrected chi connectivity index (χ1v) is 4.98. The van der Waals surface area contributed by atoms with Crippen molar-refractivity contribution in [2.24, 2.45) is 0 Å². The van der Waals surface area contributed by atoms with Gasteiger partial charge in [-0.1, -0.05) is 12.1 Å². The van der Waals surface area contributed by atoms with Gasteiger partial charge in [0.25, 0.3) is 5.82 Å². The van der Waals surface area contributed by atoms with Crippen molar-refractivity contribution in [3.63, 3.8) is 0 Å². The Hall–Kier alpha value is -2.51. The first-order valence-electron chi connectivity index (χ1n) is 4.98. The molecule has 0 bridgehead atoms. The Kier molecular flexibility index (Phi) is 3.16. The molecule has 1 aromatic carbocycles. The highest BCUT2D eigenvalue weighted by Gasteiger charge is 2.30. The van der Waals surface area contributed by atoms with Crippen molar-refractivity contribution in [1.29, 1.82) is 0 Å². The summed E-state index contributed by atoms with van der Waals surface area (Å²) in [7, 11) is 0. The maximum Gasteiger partial charge on any atom is 0.416 e. The van der Waals surface area contributed by atoms with Gasteiger partial charge in [-0.05, 0) is 12.1 Å². The fraction of sp³-hybridized carbons (Fsp3) is 0.0909. The van der Waals surface area contributed by atoms with Crippen LogP contribution in [-0.2, 0) is 6.18 Å². The predicted molar refractivity (Wildman–Crippen MR) is 57.2 cm³/mol. The van der Waals surface area contributed by atoms with Gasteiger partial charge < -0.3 is 5.11 Å². The highest BCUT2D eigenvalue weighted by atomic mass is 19.4. The SMILES string of the molecule is O=C(O)c1nncc(-c2ccc(C(F)(F)F)cc2)n1. The summed E-state index contributed by atoms with van der Waals surface area (Å²) in [6.45, 7) is 0. The molecule has 0 atom stereocenters. The van der Waals surface area contributed by atoms with Gasteiger partial charge in [0.05, 0.1) is 17.5 Å². The van der Waals surface area contributed by atoms with E-state index in [4.69, 9.17) is 5.11 Å². The van der Waals surface area contributed by atoms with Gasteiger partial charge in [-0.25, -0.2) is 9.78 Å². The van der Waals surface area contributed by atoms with Crippen LogP contribution in [0.25, 0.3) is 11.3 Å². The largest absolute Gasteiger partial charge is 0.475 e. The molecule has 1 heterocycles. The Labute approximate surface area is 104 Å². The normalized spacial score (nSPS) is 11.3. The lowest BCUT2D eigenvalue weighted by Gasteiger charge is -2.07. The fourth-order valence-electron chi connectivity index (χ4n) is 1.36. The summed E-state index contributed by atoms with van der Waals surface area (Å²) >= 11 is 0. The minimum atomic E-state index is -4.42. The zero-order chi connectivity index (χ0) is 14.0. The van der Waals surface area contributed by atoms with Crippen LogP contribution in [0.2, 0.25) is 0 Å². The number of hydrogen-bond acceptors (Lipinski definition) is 4. The molecule has 0 saturated carbocycles. The molecule has 0 aliphatic rings. The Morgan fingerprint density at radius 1 is 1.16 bits per heavy atom. The highest BCUT2D eigenvalue weighted by Crippen LogP contribution is 2.30. The molecule has 0 amide bonds. The summed E-state index contributed by atoms with van der Waals surface area (Å²) in [5.74, 6) is -1.88. The molecule has 0 fully saturated rings. The average molecular weight is 269 g/mol. The summed E-state index contributed by atoms with van der Waals surface area (Å²) in [6, 6.07) is 4.16. The van der Waals surface area contributed by atoms with Crippen LogP contribution in [0.3, 0.4) is 0 Å². The van der Waals surface area contributed by atoms with Crippen LogP contribution >= 0.6 is 0 Å². The number of rotatable bonds is 2. The lowest BCUT2D eigenvalue weighted by molar-refractivity contribution is -0.137. The van der Waals surface area contributed by atoms with E-state index in [0.29, 0.717) is 5.56 Å². The zero-order valence-corrected chi connectivity index (χ0v) is 9.22. The first-order chi connectivity index (χ1) is 8.88. The number of alkyl halides is 3. The number of aromatic nitrogens is 3. The highest BCUT2D eigenvalue weighted by molar-refractivity contribution is 5.83. The van der Waals surface area contributed by atoms with Crippen molar-refractivity contribution in [2.75, 3.05) is 0 Å². The van der Waals surface area contributed by atoms with E-state index in [1.165, 1.54) is 18.3 Å². The Morgan fingerprint density at radius 3 is 2.32 bits per heavy atom. The van der Waals surface area contributed by atoms with Crippen molar-refractivity contribution in [3.05, 3.63) is 41.9 Å². The van der Waals surface area contributed by atoms with Gasteiger partial charge in [-0.2, -0.15) is 18.3 Å². The molecule has 5 nitrogen and oxygen atoms in total. The third-order valence-corrected chi connectivity index (χ3v) is 2.26. The number of carboxylic acids is 1. The zero-order valence-electron chi connectivity index (χ0n) is 9.22. The Bertz CT molecular complexity index is 611. The smallest absolute Gasteiger partial charge is 0.416 e. The second-order valence-electron chi connectivity index (χ2n) is 3.55. The topological polar surface area (TPSA) is 76.0 Å². The standard InChI is InChI=1S/C11H6F3N3O2/c12-11(13,14)7-3-1-6(2-4-7)8-5-15-17-9(16-8)10(18)19/h1-5H,(H,18,19). The molecule has 0 aliphatic carbocycles. The molecule has 1 aromatic heterocycles. The Balaban J connectivity index is 2.37. The van der Waals surface area contributed by atoms with Gasteiger partial charge in [0, 0.05) is 5.56 Å². The van der Waals surface area contributed by atoms with Crippen LogP contribution in [0, 0.1) is 0 Å². The lowest BCUT2D eigenvalue weighted by atomic mass is 10.1. The molecule has 0 spiro atoms. The number of carbonyl (C=O) groups is 1. The number of nitrogens with zero attached hydrogens (tertiary/aromatic N) is 3.